The van der Waals surface area contributed by atoms with Crippen molar-refractivity contribution in [1.29, 1.82) is 0 Å². The van der Waals surface area contributed by atoms with Crippen molar-refractivity contribution < 1.29 is 9.90 Å². The maximum atomic E-state index is 10.7. The zero-order chi connectivity index (χ0) is 7.82. The number of aliphatic hydroxyl groups is 1. The highest BCUT2D eigenvalue weighted by Crippen LogP contribution is 1.84. The fourth-order valence-corrected chi connectivity index (χ4v) is 0.556. The minimum absolute atomic E-state index is 0.0171. The topological polar surface area (TPSA) is 49.3 Å². The Kier molecular flexibility index (Phi) is 6.18. The van der Waals surface area contributed by atoms with E-state index in [1.807, 2.05) is 0 Å². The van der Waals surface area contributed by atoms with Gasteiger partial charge in [0.15, 0.2) is 0 Å². The van der Waals surface area contributed by atoms with Crippen LogP contribution in [0.2, 0.25) is 0 Å². The van der Waals surface area contributed by atoms with E-state index in [1.165, 1.54) is 0 Å². The van der Waals surface area contributed by atoms with E-state index in [1.54, 1.807) is 0 Å². The molecule has 3 heteroatoms. The third-order valence-electron chi connectivity index (χ3n) is 1.06. The summed E-state index contributed by atoms with van der Waals surface area (Å²) in [5.74, 6) is 0.0171. The second-order valence-corrected chi connectivity index (χ2v) is 2.03. The van der Waals surface area contributed by atoms with Crippen LogP contribution < -0.4 is 5.32 Å². The Morgan fingerprint density at radius 2 is 2.30 bits per heavy atom. The SMILES string of the molecule is [CH2]CCC(=O)NCCCO. The molecule has 0 aromatic heterocycles. The summed E-state index contributed by atoms with van der Waals surface area (Å²) in [4.78, 5) is 10.7. The van der Waals surface area contributed by atoms with E-state index in [-0.39, 0.29) is 12.5 Å². The van der Waals surface area contributed by atoms with Crippen LogP contribution in [0.15, 0.2) is 0 Å². The first-order valence-electron chi connectivity index (χ1n) is 3.48. The van der Waals surface area contributed by atoms with Crippen molar-refractivity contribution in [3.63, 3.8) is 0 Å². The highest BCUT2D eigenvalue weighted by Gasteiger charge is 1.95. The normalized spacial score (nSPS) is 9.40. The number of rotatable bonds is 5. The van der Waals surface area contributed by atoms with Gasteiger partial charge in [0.25, 0.3) is 0 Å². The van der Waals surface area contributed by atoms with Crippen LogP contribution in [0.5, 0.6) is 0 Å². The summed E-state index contributed by atoms with van der Waals surface area (Å²) in [6.07, 6.45) is 1.74. The van der Waals surface area contributed by atoms with E-state index in [2.05, 4.69) is 12.2 Å². The van der Waals surface area contributed by atoms with Crippen LogP contribution in [0.4, 0.5) is 0 Å². The molecular weight excluding hydrogens is 130 g/mol. The molecule has 0 saturated carbocycles. The Morgan fingerprint density at radius 1 is 1.60 bits per heavy atom. The largest absolute Gasteiger partial charge is 0.396 e. The van der Waals surface area contributed by atoms with Crippen LogP contribution in [0.25, 0.3) is 0 Å². The van der Waals surface area contributed by atoms with Gasteiger partial charge in [-0.15, -0.1) is 0 Å². The third-order valence-corrected chi connectivity index (χ3v) is 1.06. The van der Waals surface area contributed by atoms with Crippen molar-refractivity contribution in [3.8, 4) is 0 Å². The molecule has 1 amide bonds. The summed E-state index contributed by atoms with van der Waals surface area (Å²) in [5, 5.41) is 11.0. The first kappa shape index (κ1) is 9.43. The smallest absolute Gasteiger partial charge is 0.219 e. The minimum Gasteiger partial charge on any atom is -0.396 e. The molecule has 2 N–H and O–H groups in total. The number of hydrogen-bond acceptors (Lipinski definition) is 2. The van der Waals surface area contributed by atoms with E-state index >= 15 is 0 Å². The van der Waals surface area contributed by atoms with Gasteiger partial charge in [0.2, 0.25) is 5.91 Å². The summed E-state index contributed by atoms with van der Waals surface area (Å²) < 4.78 is 0. The molecule has 0 aromatic carbocycles. The zero-order valence-electron chi connectivity index (χ0n) is 6.10. The predicted molar refractivity (Wildman–Crippen MR) is 39.3 cm³/mol. The number of carbonyl (C=O) groups excluding carboxylic acids is 1. The van der Waals surface area contributed by atoms with Crippen molar-refractivity contribution in [2.24, 2.45) is 0 Å². The Balaban J connectivity index is 3.05. The van der Waals surface area contributed by atoms with Gasteiger partial charge in [0.1, 0.15) is 0 Å². The Bertz CT molecular complexity index is 93.6. The highest BCUT2D eigenvalue weighted by atomic mass is 16.3. The Morgan fingerprint density at radius 3 is 2.80 bits per heavy atom. The molecule has 1 radical (unpaired) electrons. The van der Waals surface area contributed by atoms with Crippen molar-refractivity contribution in [1.82, 2.24) is 5.32 Å². The lowest BCUT2D eigenvalue weighted by Gasteiger charge is -2.00. The number of aliphatic hydroxyl groups excluding tert-OH is 1. The second kappa shape index (κ2) is 6.55. The molecule has 0 aliphatic rings. The van der Waals surface area contributed by atoms with Gasteiger partial charge in [-0.2, -0.15) is 0 Å². The van der Waals surface area contributed by atoms with E-state index in [0.29, 0.717) is 25.8 Å². The molecule has 0 aromatic rings. The van der Waals surface area contributed by atoms with Crippen molar-refractivity contribution in [3.05, 3.63) is 6.92 Å². The summed E-state index contributed by atoms with van der Waals surface area (Å²) in [5.41, 5.74) is 0. The maximum absolute atomic E-state index is 10.7. The van der Waals surface area contributed by atoms with Crippen LogP contribution in [0.3, 0.4) is 0 Å². The molecule has 3 nitrogen and oxygen atoms in total. The molecular formula is C7H14NO2. The highest BCUT2D eigenvalue weighted by molar-refractivity contribution is 5.75. The lowest BCUT2D eigenvalue weighted by atomic mass is 10.3. The van der Waals surface area contributed by atoms with E-state index in [0.717, 1.165) is 0 Å². The molecule has 0 unspecified atom stereocenters. The standard InChI is InChI=1S/C7H14NO2/c1-2-4-7(10)8-5-3-6-9/h9H,1-6H2,(H,8,10). The monoisotopic (exact) mass is 144 g/mol. The summed E-state index contributed by atoms with van der Waals surface area (Å²) in [6, 6.07) is 0. The van der Waals surface area contributed by atoms with Gasteiger partial charge >= 0.3 is 0 Å². The molecule has 10 heavy (non-hydrogen) atoms. The molecule has 0 aliphatic carbocycles. The molecule has 0 bridgehead atoms. The van der Waals surface area contributed by atoms with Crippen LogP contribution >= 0.6 is 0 Å². The van der Waals surface area contributed by atoms with Crippen molar-refractivity contribution >= 4 is 5.91 Å². The summed E-state index contributed by atoms with van der Waals surface area (Å²) in [6.45, 7) is 4.24. The minimum atomic E-state index is 0.0171. The quantitative estimate of drug-likeness (QED) is 0.538. The van der Waals surface area contributed by atoms with Gasteiger partial charge in [0, 0.05) is 19.6 Å². The average Bonchev–Trinajstić information content (AvgIpc) is 1.89. The van der Waals surface area contributed by atoms with Crippen LogP contribution in [0, 0.1) is 6.92 Å². The molecule has 0 spiro atoms. The molecule has 0 rings (SSSR count). The van der Waals surface area contributed by atoms with Gasteiger partial charge in [-0.1, -0.05) is 6.92 Å². The van der Waals surface area contributed by atoms with Gasteiger partial charge in [0.05, 0.1) is 0 Å². The lowest BCUT2D eigenvalue weighted by molar-refractivity contribution is -0.121. The number of amides is 1. The van der Waals surface area contributed by atoms with Gasteiger partial charge < -0.3 is 10.4 Å². The van der Waals surface area contributed by atoms with Gasteiger partial charge in [-0.25, -0.2) is 0 Å². The van der Waals surface area contributed by atoms with Crippen LogP contribution in [-0.2, 0) is 4.79 Å². The molecule has 0 heterocycles. The predicted octanol–water partition coefficient (Wildman–Crippen LogP) is 0.0993. The first-order chi connectivity index (χ1) is 4.81. The molecule has 0 saturated heterocycles. The van der Waals surface area contributed by atoms with Crippen LogP contribution in [0.1, 0.15) is 19.3 Å². The van der Waals surface area contributed by atoms with E-state index in [9.17, 15) is 4.79 Å². The zero-order valence-corrected chi connectivity index (χ0v) is 6.10. The maximum Gasteiger partial charge on any atom is 0.219 e. The number of carbonyl (C=O) groups is 1. The average molecular weight is 144 g/mol. The molecule has 0 fully saturated rings. The Hall–Kier alpha value is -0.570. The molecule has 0 atom stereocenters. The van der Waals surface area contributed by atoms with Gasteiger partial charge in [-0.05, 0) is 12.8 Å². The molecule has 0 aliphatic heterocycles. The van der Waals surface area contributed by atoms with E-state index < -0.39 is 0 Å². The second-order valence-electron chi connectivity index (χ2n) is 2.03. The fraction of sp³-hybridized carbons (Fsp3) is 0.714. The fourth-order valence-electron chi connectivity index (χ4n) is 0.556. The van der Waals surface area contributed by atoms with Crippen LogP contribution in [-0.4, -0.2) is 24.2 Å². The number of hydrogen-bond donors (Lipinski definition) is 2. The lowest BCUT2D eigenvalue weighted by Crippen LogP contribution is -2.24. The summed E-state index contributed by atoms with van der Waals surface area (Å²) >= 11 is 0. The Labute approximate surface area is 61.4 Å². The number of nitrogens with one attached hydrogen (secondary N) is 1. The first-order valence-corrected chi connectivity index (χ1v) is 3.48. The van der Waals surface area contributed by atoms with E-state index in [4.69, 9.17) is 5.11 Å². The van der Waals surface area contributed by atoms with Crippen molar-refractivity contribution in [2.45, 2.75) is 19.3 Å². The van der Waals surface area contributed by atoms with Gasteiger partial charge in [-0.3, -0.25) is 4.79 Å². The molecule has 59 valence electrons. The van der Waals surface area contributed by atoms with Crippen molar-refractivity contribution in [2.75, 3.05) is 13.2 Å². The summed E-state index contributed by atoms with van der Waals surface area (Å²) in [7, 11) is 0. The third kappa shape index (κ3) is 5.56.